The molecule has 0 aliphatic rings. The third-order valence-corrected chi connectivity index (χ3v) is 9.01. The molecule has 4 rings (SSSR count). The molecular weight excluding hydrogens is 548 g/mol. The van der Waals surface area contributed by atoms with E-state index in [1.807, 2.05) is 0 Å². The van der Waals surface area contributed by atoms with E-state index in [0.717, 1.165) is 25.7 Å². The fourth-order valence-electron chi connectivity index (χ4n) is 4.11. The molecule has 0 saturated heterocycles. The second kappa shape index (κ2) is 13.1. The maximum Gasteiger partial charge on any atom is 0.262 e. The van der Waals surface area contributed by atoms with Gasteiger partial charge in [0.1, 0.15) is 11.5 Å². The number of hydrogen-bond donors (Lipinski definition) is 2. The van der Waals surface area contributed by atoms with Gasteiger partial charge in [0.2, 0.25) is 0 Å². The number of ether oxygens (including phenoxy) is 2. The second-order valence-electron chi connectivity index (χ2n) is 9.28. The van der Waals surface area contributed by atoms with Crippen LogP contribution in [0.25, 0.3) is 10.8 Å². The third kappa shape index (κ3) is 7.25. The molecule has 10 heteroatoms. The van der Waals surface area contributed by atoms with Crippen molar-refractivity contribution in [1.82, 2.24) is 0 Å². The quantitative estimate of drug-likeness (QED) is 0.158. The molecule has 0 amide bonds. The number of sulfonamides is 2. The van der Waals surface area contributed by atoms with Crippen molar-refractivity contribution in [2.24, 2.45) is 0 Å². The molecule has 2 N–H and O–H groups in total. The first-order chi connectivity index (χ1) is 19.2. The summed E-state index contributed by atoms with van der Waals surface area (Å²) in [5, 5.41) is 0.565. The van der Waals surface area contributed by atoms with E-state index in [0.29, 0.717) is 36.1 Å². The Morgan fingerprint density at radius 1 is 0.575 bits per heavy atom. The second-order valence-corrected chi connectivity index (χ2v) is 12.6. The number of fused-ring (bicyclic) bond motifs is 1. The van der Waals surface area contributed by atoms with E-state index in [2.05, 4.69) is 23.3 Å². The number of hydrogen-bond acceptors (Lipinski definition) is 6. The summed E-state index contributed by atoms with van der Waals surface area (Å²) in [5.74, 6) is 1.12. The van der Waals surface area contributed by atoms with Gasteiger partial charge in [0, 0.05) is 22.9 Å². The molecule has 0 aromatic heterocycles. The van der Waals surface area contributed by atoms with Crippen molar-refractivity contribution < 1.29 is 26.3 Å². The highest BCUT2D eigenvalue weighted by Gasteiger charge is 2.23. The van der Waals surface area contributed by atoms with Crippen LogP contribution in [-0.4, -0.2) is 30.0 Å². The zero-order valence-electron chi connectivity index (χ0n) is 22.6. The lowest BCUT2D eigenvalue weighted by Gasteiger charge is -2.15. The van der Waals surface area contributed by atoms with Gasteiger partial charge in [-0.2, -0.15) is 0 Å². The first kappa shape index (κ1) is 29.2. The van der Waals surface area contributed by atoms with Crippen LogP contribution >= 0.6 is 0 Å². The summed E-state index contributed by atoms with van der Waals surface area (Å²) in [6.07, 6.45) is 3.76. The number of nitrogens with one attached hydrogen (secondary N) is 2. The number of rotatable bonds is 14. The van der Waals surface area contributed by atoms with Crippen LogP contribution < -0.4 is 18.9 Å². The summed E-state index contributed by atoms with van der Waals surface area (Å²) in [5.41, 5.74) is 0.690. The molecule has 4 aromatic rings. The molecule has 40 heavy (non-hydrogen) atoms. The summed E-state index contributed by atoms with van der Waals surface area (Å²) in [6.45, 7) is 5.20. The Morgan fingerprint density at radius 3 is 1.38 bits per heavy atom. The summed E-state index contributed by atoms with van der Waals surface area (Å²) in [7, 11) is -8.11. The average molecular weight is 583 g/mol. The lowest BCUT2D eigenvalue weighted by atomic mass is 10.1. The van der Waals surface area contributed by atoms with Crippen LogP contribution in [0.5, 0.6) is 11.5 Å². The number of unbranched alkanes of at least 4 members (excludes halogenated alkanes) is 2. The average Bonchev–Trinajstić information content (AvgIpc) is 2.92. The molecular formula is C30H34N2O6S2. The van der Waals surface area contributed by atoms with E-state index in [1.165, 1.54) is 24.3 Å². The van der Waals surface area contributed by atoms with E-state index in [-0.39, 0.29) is 20.6 Å². The van der Waals surface area contributed by atoms with Gasteiger partial charge in [0.25, 0.3) is 20.0 Å². The monoisotopic (exact) mass is 582 g/mol. The zero-order valence-corrected chi connectivity index (χ0v) is 24.2. The van der Waals surface area contributed by atoms with Gasteiger partial charge < -0.3 is 9.47 Å². The van der Waals surface area contributed by atoms with Crippen LogP contribution in [0.3, 0.4) is 0 Å². The highest BCUT2D eigenvalue weighted by Crippen LogP contribution is 2.31. The largest absolute Gasteiger partial charge is 0.494 e. The van der Waals surface area contributed by atoms with E-state index >= 15 is 0 Å². The molecule has 0 atom stereocenters. The Morgan fingerprint density at radius 2 is 0.975 bits per heavy atom. The normalized spacial score (nSPS) is 11.8. The van der Waals surface area contributed by atoms with Gasteiger partial charge in [-0.3, -0.25) is 9.44 Å². The number of benzene rings is 4. The highest BCUT2D eigenvalue weighted by molar-refractivity contribution is 7.93. The topological polar surface area (TPSA) is 111 Å². The molecule has 0 spiro atoms. The molecule has 0 bridgehead atoms. The SMILES string of the molecule is CCCCOc1cccc(NS(=O)(=O)c2cccc3c(S(=O)(=O)Nc4cccc(OCCCC)c4)cccc23)c1. The maximum absolute atomic E-state index is 13.5. The van der Waals surface area contributed by atoms with Gasteiger partial charge >= 0.3 is 0 Å². The van der Waals surface area contributed by atoms with Gasteiger partial charge in [0.05, 0.1) is 34.4 Å². The lowest BCUT2D eigenvalue weighted by Crippen LogP contribution is -2.15. The molecule has 0 saturated carbocycles. The molecule has 0 radical (unpaired) electrons. The summed E-state index contributed by atoms with van der Waals surface area (Å²) < 4.78 is 70.4. The number of anilines is 2. The molecule has 0 aliphatic carbocycles. The van der Waals surface area contributed by atoms with Gasteiger partial charge in [0.15, 0.2) is 0 Å². The van der Waals surface area contributed by atoms with Crippen molar-refractivity contribution in [3.63, 3.8) is 0 Å². The van der Waals surface area contributed by atoms with Gasteiger partial charge in [-0.15, -0.1) is 0 Å². The Bertz CT molecular complexity index is 1550. The van der Waals surface area contributed by atoms with E-state index in [1.54, 1.807) is 60.7 Å². The molecule has 4 aromatic carbocycles. The minimum atomic E-state index is -4.06. The van der Waals surface area contributed by atoms with Crippen LogP contribution in [0.2, 0.25) is 0 Å². The van der Waals surface area contributed by atoms with Gasteiger partial charge in [-0.25, -0.2) is 16.8 Å². The minimum absolute atomic E-state index is 0.0364. The van der Waals surface area contributed by atoms with E-state index in [4.69, 9.17) is 9.47 Å². The molecule has 0 unspecified atom stereocenters. The zero-order chi connectivity index (χ0) is 28.6. The van der Waals surface area contributed by atoms with Gasteiger partial charge in [-0.05, 0) is 49.2 Å². The first-order valence-corrected chi connectivity index (χ1v) is 16.2. The van der Waals surface area contributed by atoms with Crippen LogP contribution in [0.1, 0.15) is 39.5 Å². The molecule has 0 heterocycles. The summed E-state index contributed by atoms with van der Waals surface area (Å²) >= 11 is 0. The molecule has 0 aliphatic heterocycles. The molecule has 0 fully saturated rings. The summed E-state index contributed by atoms with van der Waals surface area (Å²) in [6, 6.07) is 22.6. The van der Waals surface area contributed by atoms with Crippen molar-refractivity contribution >= 4 is 42.2 Å². The standard InChI is InChI=1S/C30H34N2O6S2/c1-3-5-19-37-25-13-7-11-23(21-25)31-39(33,34)29-17-9-16-28-27(29)15-10-18-30(28)40(35,36)32-24-12-8-14-26(22-24)38-20-6-4-2/h7-18,21-22,31-32H,3-6,19-20H2,1-2H3. The van der Waals surface area contributed by atoms with Crippen molar-refractivity contribution in [1.29, 1.82) is 0 Å². The lowest BCUT2D eigenvalue weighted by molar-refractivity contribution is 0.309. The van der Waals surface area contributed by atoms with Crippen molar-refractivity contribution in [2.75, 3.05) is 22.7 Å². The molecule has 8 nitrogen and oxygen atoms in total. The van der Waals surface area contributed by atoms with Crippen molar-refractivity contribution in [2.45, 2.75) is 49.3 Å². The first-order valence-electron chi connectivity index (χ1n) is 13.3. The fourth-order valence-corrected chi connectivity index (χ4v) is 6.65. The van der Waals surface area contributed by atoms with E-state index in [9.17, 15) is 16.8 Å². The maximum atomic E-state index is 13.5. The Hall–Kier alpha value is -3.76. The van der Waals surface area contributed by atoms with Crippen LogP contribution in [0, 0.1) is 0 Å². The predicted molar refractivity (Wildman–Crippen MR) is 159 cm³/mol. The predicted octanol–water partition coefficient (Wildman–Crippen LogP) is 6.80. The van der Waals surface area contributed by atoms with E-state index < -0.39 is 20.0 Å². The van der Waals surface area contributed by atoms with Crippen LogP contribution in [0.4, 0.5) is 11.4 Å². The van der Waals surface area contributed by atoms with Crippen LogP contribution in [-0.2, 0) is 20.0 Å². The Balaban J connectivity index is 1.62. The minimum Gasteiger partial charge on any atom is -0.494 e. The summed E-state index contributed by atoms with van der Waals surface area (Å²) in [4.78, 5) is -0.0728. The fraction of sp³-hybridized carbons (Fsp3) is 0.267. The Kier molecular flexibility index (Phi) is 9.54. The van der Waals surface area contributed by atoms with Crippen LogP contribution in [0.15, 0.2) is 94.7 Å². The van der Waals surface area contributed by atoms with Gasteiger partial charge in [-0.1, -0.05) is 63.1 Å². The highest BCUT2D eigenvalue weighted by atomic mass is 32.2. The molecule has 212 valence electrons. The third-order valence-electron chi connectivity index (χ3n) is 6.13. The smallest absolute Gasteiger partial charge is 0.262 e. The Labute approximate surface area is 236 Å². The van der Waals surface area contributed by atoms with Crippen molar-refractivity contribution in [3.8, 4) is 11.5 Å². The van der Waals surface area contributed by atoms with Crippen molar-refractivity contribution in [3.05, 3.63) is 84.9 Å².